The van der Waals surface area contributed by atoms with Gasteiger partial charge in [-0.05, 0) is 30.6 Å². The highest BCUT2D eigenvalue weighted by atomic mass is 14.3. The molecular formula is C24H48. The maximum Gasteiger partial charge on any atom is -0.0383 e. The van der Waals surface area contributed by atoms with E-state index in [1.165, 1.54) is 83.5 Å². The van der Waals surface area contributed by atoms with Crippen LogP contribution in [0.1, 0.15) is 136 Å². The Morgan fingerprint density at radius 1 is 0.500 bits per heavy atom. The van der Waals surface area contributed by atoms with Gasteiger partial charge in [-0.1, -0.05) is 124 Å². The van der Waals surface area contributed by atoms with Crippen molar-refractivity contribution < 1.29 is 0 Å². The molecule has 0 saturated heterocycles. The van der Waals surface area contributed by atoms with Crippen LogP contribution in [0.25, 0.3) is 0 Å². The van der Waals surface area contributed by atoms with Crippen molar-refractivity contribution in [3.8, 4) is 0 Å². The van der Waals surface area contributed by atoms with E-state index in [9.17, 15) is 0 Å². The molecule has 1 fully saturated rings. The van der Waals surface area contributed by atoms with Gasteiger partial charge < -0.3 is 0 Å². The summed E-state index contributed by atoms with van der Waals surface area (Å²) in [5, 5.41) is 0. The second-order valence-corrected chi connectivity index (χ2v) is 8.75. The second kappa shape index (κ2) is 15.3. The van der Waals surface area contributed by atoms with Gasteiger partial charge in [-0.25, -0.2) is 0 Å². The van der Waals surface area contributed by atoms with Crippen LogP contribution in [0.4, 0.5) is 0 Å². The Kier molecular flexibility index (Phi) is 14.0. The largest absolute Gasteiger partial charge is 0.0654 e. The molecule has 0 nitrogen and oxygen atoms in total. The van der Waals surface area contributed by atoms with Gasteiger partial charge >= 0.3 is 0 Å². The van der Waals surface area contributed by atoms with Crippen LogP contribution in [0.15, 0.2) is 0 Å². The SMILES string of the molecule is CCCCCCC1CCC(CCCCCC)C(CCCCCC)C1. The molecule has 0 aromatic carbocycles. The lowest BCUT2D eigenvalue weighted by Gasteiger charge is -2.37. The third-order valence-corrected chi connectivity index (χ3v) is 6.57. The predicted molar refractivity (Wildman–Crippen MR) is 111 cm³/mol. The highest BCUT2D eigenvalue weighted by Crippen LogP contribution is 2.41. The Hall–Kier alpha value is 0. The first-order valence-electron chi connectivity index (χ1n) is 11.8. The molecule has 0 aliphatic heterocycles. The number of rotatable bonds is 15. The summed E-state index contributed by atoms with van der Waals surface area (Å²) in [4.78, 5) is 0. The minimum absolute atomic E-state index is 1.07. The fraction of sp³-hybridized carbons (Fsp3) is 1.00. The summed E-state index contributed by atoms with van der Waals surface area (Å²) in [6.07, 6.45) is 26.8. The molecule has 3 atom stereocenters. The summed E-state index contributed by atoms with van der Waals surface area (Å²) in [5.41, 5.74) is 0. The summed E-state index contributed by atoms with van der Waals surface area (Å²) in [5.74, 6) is 3.23. The first-order chi connectivity index (χ1) is 11.8. The van der Waals surface area contributed by atoms with Gasteiger partial charge in [0.2, 0.25) is 0 Å². The molecule has 0 heteroatoms. The zero-order chi connectivity index (χ0) is 17.5. The normalized spacial score (nSPS) is 24.4. The summed E-state index contributed by atoms with van der Waals surface area (Å²) in [6, 6.07) is 0. The Labute approximate surface area is 154 Å². The highest BCUT2D eigenvalue weighted by Gasteiger charge is 2.29. The average Bonchev–Trinajstić information content (AvgIpc) is 2.60. The maximum absolute atomic E-state index is 2.34. The van der Waals surface area contributed by atoms with Crippen molar-refractivity contribution in [2.75, 3.05) is 0 Å². The van der Waals surface area contributed by atoms with E-state index in [-0.39, 0.29) is 0 Å². The van der Waals surface area contributed by atoms with Crippen LogP contribution in [-0.2, 0) is 0 Å². The number of unbranched alkanes of at least 4 members (excludes halogenated alkanes) is 9. The molecule has 0 amide bonds. The monoisotopic (exact) mass is 336 g/mol. The third-order valence-electron chi connectivity index (χ3n) is 6.57. The fourth-order valence-electron chi connectivity index (χ4n) is 4.95. The van der Waals surface area contributed by atoms with Crippen molar-refractivity contribution in [3.05, 3.63) is 0 Å². The first-order valence-corrected chi connectivity index (χ1v) is 11.8. The smallest absolute Gasteiger partial charge is 0.0383 e. The van der Waals surface area contributed by atoms with Crippen molar-refractivity contribution in [2.24, 2.45) is 17.8 Å². The molecule has 3 unspecified atom stereocenters. The topological polar surface area (TPSA) is 0 Å². The Morgan fingerprint density at radius 2 is 1.00 bits per heavy atom. The van der Waals surface area contributed by atoms with E-state index >= 15 is 0 Å². The Balaban J connectivity index is 2.33. The molecule has 0 N–H and O–H groups in total. The van der Waals surface area contributed by atoms with Crippen molar-refractivity contribution in [2.45, 2.75) is 136 Å². The molecule has 0 aromatic heterocycles. The molecule has 1 aliphatic rings. The first kappa shape index (κ1) is 22.0. The molecule has 0 heterocycles. The van der Waals surface area contributed by atoms with Crippen LogP contribution in [0.5, 0.6) is 0 Å². The molecule has 0 spiro atoms. The molecule has 1 aliphatic carbocycles. The zero-order valence-corrected chi connectivity index (χ0v) is 17.5. The van der Waals surface area contributed by atoms with Gasteiger partial charge in [-0.3, -0.25) is 0 Å². The summed E-state index contributed by atoms with van der Waals surface area (Å²) < 4.78 is 0. The van der Waals surface area contributed by atoms with E-state index in [2.05, 4.69) is 20.8 Å². The quantitative estimate of drug-likeness (QED) is 0.262. The second-order valence-electron chi connectivity index (χ2n) is 8.75. The third kappa shape index (κ3) is 10.1. The minimum Gasteiger partial charge on any atom is -0.0654 e. The zero-order valence-electron chi connectivity index (χ0n) is 17.5. The lowest BCUT2D eigenvalue weighted by Crippen LogP contribution is -2.25. The van der Waals surface area contributed by atoms with Gasteiger partial charge in [0.05, 0.1) is 0 Å². The number of hydrogen-bond donors (Lipinski definition) is 0. The molecular weight excluding hydrogens is 288 g/mol. The van der Waals surface area contributed by atoms with E-state index in [1.54, 1.807) is 32.1 Å². The van der Waals surface area contributed by atoms with Gasteiger partial charge in [0.1, 0.15) is 0 Å². The van der Waals surface area contributed by atoms with Gasteiger partial charge in [0.25, 0.3) is 0 Å². The highest BCUT2D eigenvalue weighted by molar-refractivity contribution is 4.80. The van der Waals surface area contributed by atoms with Crippen LogP contribution in [0.2, 0.25) is 0 Å². The molecule has 0 aromatic rings. The van der Waals surface area contributed by atoms with Gasteiger partial charge in [0, 0.05) is 0 Å². The van der Waals surface area contributed by atoms with Crippen LogP contribution >= 0.6 is 0 Å². The molecule has 0 bridgehead atoms. The lowest BCUT2D eigenvalue weighted by atomic mass is 9.69. The van der Waals surface area contributed by atoms with E-state index in [1.807, 2.05) is 0 Å². The number of hydrogen-bond acceptors (Lipinski definition) is 0. The summed E-state index contributed by atoms with van der Waals surface area (Å²) in [7, 11) is 0. The van der Waals surface area contributed by atoms with Crippen LogP contribution in [-0.4, -0.2) is 0 Å². The Morgan fingerprint density at radius 3 is 1.54 bits per heavy atom. The molecule has 144 valence electrons. The van der Waals surface area contributed by atoms with Crippen LogP contribution in [0.3, 0.4) is 0 Å². The molecule has 1 saturated carbocycles. The van der Waals surface area contributed by atoms with Crippen molar-refractivity contribution in [1.82, 2.24) is 0 Å². The molecule has 0 radical (unpaired) electrons. The standard InChI is InChI=1S/C24H48/c1-4-7-10-13-16-22-19-20-23(17-14-11-8-5-2)24(21-22)18-15-12-9-6-3/h22-24H,4-21H2,1-3H3. The van der Waals surface area contributed by atoms with Crippen molar-refractivity contribution in [1.29, 1.82) is 0 Å². The van der Waals surface area contributed by atoms with Gasteiger partial charge in [-0.2, -0.15) is 0 Å². The van der Waals surface area contributed by atoms with E-state index in [0.717, 1.165) is 17.8 Å². The fourth-order valence-corrected chi connectivity index (χ4v) is 4.95. The van der Waals surface area contributed by atoms with E-state index in [0.29, 0.717) is 0 Å². The van der Waals surface area contributed by atoms with E-state index in [4.69, 9.17) is 0 Å². The molecule has 1 rings (SSSR count). The predicted octanol–water partition coefficient (Wildman–Crippen LogP) is 8.93. The average molecular weight is 337 g/mol. The van der Waals surface area contributed by atoms with Crippen molar-refractivity contribution in [3.63, 3.8) is 0 Å². The molecule has 24 heavy (non-hydrogen) atoms. The maximum atomic E-state index is 2.34. The van der Waals surface area contributed by atoms with E-state index < -0.39 is 0 Å². The van der Waals surface area contributed by atoms with Crippen LogP contribution < -0.4 is 0 Å². The minimum atomic E-state index is 1.07. The van der Waals surface area contributed by atoms with Crippen LogP contribution in [0, 0.1) is 17.8 Å². The van der Waals surface area contributed by atoms with Gasteiger partial charge in [-0.15, -0.1) is 0 Å². The Bertz CT molecular complexity index is 257. The lowest BCUT2D eigenvalue weighted by molar-refractivity contribution is 0.147. The van der Waals surface area contributed by atoms with Gasteiger partial charge in [0.15, 0.2) is 0 Å². The summed E-state index contributed by atoms with van der Waals surface area (Å²) >= 11 is 0. The summed E-state index contributed by atoms with van der Waals surface area (Å²) in [6.45, 7) is 7.00. The van der Waals surface area contributed by atoms with Crippen molar-refractivity contribution >= 4 is 0 Å².